The SMILES string of the molecule is CCOCCCNC(=O)C(Cc1ccccc1)N(Cc1ccc(OC)cc1)C(=O)CN(C)S(C)(=O)=O. The van der Waals surface area contributed by atoms with Crippen LogP contribution in [0.1, 0.15) is 24.5 Å². The lowest BCUT2D eigenvalue weighted by molar-refractivity contribution is -0.141. The van der Waals surface area contributed by atoms with Gasteiger partial charge in [0.15, 0.2) is 0 Å². The molecule has 1 unspecified atom stereocenters. The summed E-state index contributed by atoms with van der Waals surface area (Å²) >= 11 is 0. The number of likely N-dealkylation sites (N-methyl/N-ethyl adjacent to an activating group) is 1. The highest BCUT2D eigenvalue weighted by atomic mass is 32.2. The van der Waals surface area contributed by atoms with Crippen molar-refractivity contribution in [2.45, 2.75) is 32.4 Å². The van der Waals surface area contributed by atoms with Gasteiger partial charge in [-0.1, -0.05) is 42.5 Å². The van der Waals surface area contributed by atoms with Gasteiger partial charge in [-0.2, -0.15) is 4.31 Å². The molecular weight excluding hydrogens is 482 g/mol. The first-order valence-corrected chi connectivity index (χ1v) is 13.7. The van der Waals surface area contributed by atoms with Gasteiger partial charge in [0.2, 0.25) is 21.8 Å². The lowest BCUT2D eigenvalue weighted by atomic mass is 10.0. The highest BCUT2D eigenvalue weighted by molar-refractivity contribution is 7.88. The summed E-state index contributed by atoms with van der Waals surface area (Å²) in [7, 11) is -0.673. The average Bonchev–Trinajstić information content (AvgIpc) is 2.86. The number of methoxy groups -OCH3 is 1. The second-order valence-electron chi connectivity index (χ2n) is 8.44. The Bertz CT molecular complexity index is 1060. The third kappa shape index (κ3) is 9.60. The van der Waals surface area contributed by atoms with E-state index < -0.39 is 22.0 Å². The summed E-state index contributed by atoms with van der Waals surface area (Å²) in [4.78, 5) is 28.3. The van der Waals surface area contributed by atoms with E-state index in [1.165, 1.54) is 11.9 Å². The third-order valence-electron chi connectivity index (χ3n) is 5.68. The molecule has 1 atom stereocenters. The first-order valence-electron chi connectivity index (χ1n) is 11.9. The Morgan fingerprint density at radius 1 is 1.03 bits per heavy atom. The van der Waals surface area contributed by atoms with Crippen LogP contribution < -0.4 is 10.1 Å². The number of nitrogens with one attached hydrogen (secondary N) is 1. The van der Waals surface area contributed by atoms with Crippen molar-refractivity contribution in [1.82, 2.24) is 14.5 Å². The summed E-state index contributed by atoms with van der Waals surface area (Å²) in [6.45, 7) is 3.18. The molecule has 0 aliphatic heterocycles. The average molecular weight is 520 g/mol. The molecule has 0 fully saturated rings. The molecule has 2 rings (SSSR count). The molecule has 36 heavy (non-hydrogen) atoms. The summed E-state index contributed by atoms with van der Waals surface area (Å²) < 4.78 is 35.5. The van der Waals surface area contributed by atoms with Crippen LogP contribution in [0.15, 0.2) is 54.6 Å². The number of hydrogen-bond donors (Lipinski definition) is 1. The van der Waals surface area contributed by atoms with Crippen LogP contribution in [-0.4, -0.2) is 82.2 Å². The molecule has 0 bridgehead atoms. The topological polar surface area (TPSA) is 105 Å². The van der Waals surface area contributed by atoms with Crippen LogP contribution in [0.3, 0.4) is 0 Å². The molecule has 0 aromatic heterocycles. The third-order valence-corrected chi connectivity index (χ3v) is 6.94. The summed E-state index contributed by atoms with van der Waals surface area (Å²) in [5.74, 6) is -0.107. The van der Waals surface area contributed by atoms with Gasteiger partial charge < -0.3 is 19.7 Å². The summed E-state index contributed by atoms with van der Waals surface area (Å²) in [5, 5.41) is 2.92. The van der Waals surface area contributed by atoms with Crippen molar-refractivity contribution in [3.05, 3.63) is 65.7 Å². The lowest BCUT2D eigenvalue weighted by Crippen LogP contribution is -2.53. The number of sulfonamides is 1. The van der Waals surface area contributed by atoms with Crippen molar-refractivity contribution in [1.29, 1.82) is 0 Å². The molecule has 2 aromatic rings. The number of carbonyl (C=O) groups excluding carboxylic acids is 2. The second-order valence-corrected chi connectivity index (χ2v) is 10.5. The van der Waals surface area contributed by atoms with E-state index >= 15 is 0 Å². The molecule has 0 saturated heterocycles. The zero-order valence-corrected chi connectivity index (χ0v) is 22.3. The molecule has 0 saturated carbocycles. The van der Waals surface area contributed by atoms with Crippen LogP contribution in [0.25, 0.3) is 0 Å². The minimum atomic E-state index is -3.59. The van der Waals surface area contributed by atoms with Crippen molar-refractivity contribution < 1.29 is 27.5 Å². The summed E-state index contributed by atoms with van der Waals surface area (Å²) in [6.07, 6.45) is 1.96. The Morgan fingerprint density at radius 2 is 1.69 bits per heavy atom. The highest BCUT2D eigenvalue weighted by Gasteiger charge is 2.31. The molecule has 9 nitrogen and oxygen atoms in total. The predicted molar refractivity (Wildman–Crippen MR) is 139 cm³/mol. The van der Waals surface area contributed by atoms with E-state index in [-0.39, 0.29) is 25.4 Å². The van der Waals surface area contributed by atoms with E-state index in [2.05, 4.69) is 5.32 Å². The van der Waals surface area contributed by atoms with Gasteiger partial charge in [0.05, 0.1) is 19.9 Å². The minimum Gasteiger partial charge on any atom is -0.497 e. The fraction of sp³-hybridized carbons (Fsp3) is 0.462. The molecule has 0 spiro atoms. The number of ether oxygens (including phenoxy) is 2. The highest BCUT2D eigenvalue weighted by Crippen LogP contribution is 2.18. The Balaban J connectivity index is 2.36. The Labute approximate surface area is 214 Å². The predicted octanol–water partition coefficient (Wildman–Crippen LogP) is 2.07. The van der Waals surface area contributed by atoms with E-state index in [4.69, 9.17) is 9.47 Å². The monoisotopic (exact) mass is 519 g/mol. The zero-order valence-electron chi connectivity index (χ0n) is 21.5. The molecule has 2 amide bonds. The summed E-state index contributed by atoms with van der Waals surface area (Å²) in [6, 6.07) is 15.8. The summed E-state index contributed by atoms with van der Waals surface area (Å²) in [5.41, 5.74) is 1.67. The molecule has 0 aliphatic carbocycles. The Kier molecular flexibility index (Phi) is 11.9. The molecule has 198 valence electrons. The minimum absolute atomic E-state index is 0.129. The number of nitrogens with zero attached hydrogens (tertiary/aromatic N) is 2. The molecule has 1 N–H and O–H groups in total. The largest absolute Gasteiger partial charge is 0.497 e. The van der Waals surface area contributed by atoms with Crippen LogP contribution in [0, 0.1) is 0 Å². The smallest absolute Gasteiger partial charge is 0.243 e. The molecular formula is C26H37N3O6S. The van der Waals surface area contributed by atoms with Gasteiger partial charge in [0.25, 0.3) is 0 Å². The Morgan fingerprint density at radius 3 is 2.28 bits per heavy atom. The standard InChI is InChI=1S/C26H37N3O6S/c1-5-35-17-9-16-27-26(31)24(18-21-10-7-6-8-11-21)29(25(30)20-28(2)36(4,32)33)19-22-12-14-23(34-3)15-13-22/h6-8,10-15,24H,5,9,16-20H2,1-4H3,(H,27,31). The van der Waals surface area contributed by atoms with Gasteiger partial charge in [-0.15, -0.1) is 0 Å². The second kappa shape index (κ2) is 14.6. The van der Waals surface area contributed by atoms with Crippen molar-refractivity contribution in [3.63, 3.8) is 0 Å². The molecule has 0 heterocycles. The fourth-order valence-corrected chi connectivity index (χ4v) is 3.87. The van der Waals surface area contributed by atoms with Crippen molar-refractivity contribution >= 4 is 21.8 Å². The number of benzene rings is 2. The molecule has 2 aromatic carbocycles. The quantitative estimate of drug-likeness (QED) is 0.361. The van der Waals surface area contributed by atoms with Crippen molar-refractivity contribution in [3.8, 4) is 5.75 Å². The van der Waals surface area contributed by atoms with Crippen molar-refractivity contribution in [2.75, 3.05) is 46.7 Å². The van der Waals surface area contributed by atoms with Crippen molar-refractivity contribution in [2.24, 2.45) is 0 Å². The first kappa shape index (κ1) is 29.3. The molecule has 10 heteroatoms. The van der Waals surface area contributed by atoms with Gasteiger partial charge >= 0.3 is 0 Å². The number of amides is 2. The number of rotatable bonds is 15. The van der Waals surface area contributed by atoms with E-state index in [9.17, 15) is 18.0 Å². The van der Waals surface area contributed by atoms with Gasteiger partial charge in [-0.05, 0) is 36.6 Å². The van der Waals surface area contributed by atoms with E-state index in [1.54, 1.807) is 19.2 Å². The van der Waals surface area contributed by atoms with Crippen LogP contribution in [0.5, 0.6) is 5.75 Å². The van der Waals surface area contributed by atoms with Gasteiger partial charge in [0.1, 0.15) is 11.8 Å². The van der Waals surface area contributed by atoms with E-state index in [1.807, 2.05) is 49.4 Å². The van der Waals surface area contributed by atoms with Crippen LogP contribution >= 0.6 is 0 Å². The normalized spacial score (nSPS) is 12.2. The van der Waals surface area contributed by atoms with E-state index in [0.717, 1.165) is 21.7 Å². The molecule has 0 aliphatic rings. The lowest BCUT2D eigenvalue weighted by Gasteiger charge is -2.32. The fourth-order valence-electron chi connectivity index (χ4n) is 3.53. The Hall–Kier alpha value is -2.95. The van der Waals surface area contributed by atoms with E-state index in [0.29, 0.717) is 31.9 Å². The zero-order chi connectivity index (χ0) is 26.6. The molecule has 0 radical (unpaired) electrons. The van der Waals surface area contributed by atoms with Gasteiger partial charge in [0, 0.05) is 39.8 Å². The number of hydrogen-bond acceptors (Lipinski definition) is 6. The maximum absolute atomic E-state index is 13.5. The van der Waals surface area contributed by atoms with Crippen LogP contribution in [-0.2, 0) is 37.3 Å². The number of carbonyl (C=O) groups is 2. The van der Waals surface area contributed by atoms with Gasteiger partial charge in [-0.3, -0.25) is 9.59 Å². The maximum atomic E-state index is 13.5. The van der Waals surface area contributed by atoms with Crippen LogP contribution in [0.4, 0.5) is 0 Å². The van der Waals surface area contributed by atoms with Gasteiger partial charge in [-0.25, -0.2) is 8.42 Å². The maximum Gasteiger partial charge on any atom is 0.243 e. The first-order chi connectivity index (χ1) is 17.2. The van der Waals surface area contributed by atoms with Crippen LogP contribution in [0.2, 0.25) is 0 Å².